The van der Waals surface area contributed by atoms with Gasteiger partial charge in [-0.25, -0.2) is 8.78 Å². The Hall–Kier alpha value is -0.490. The van der Waals surface area contributed by atoms with Gasteiger partial charge in [-0.15, -0.1) is 0 Å². The number of hydrogen-bond donors (Lipinski definition) is 1. The standard InChI is InChI=1S/C8H11BrF2N2O/c1-4(8(10)11)7-6(9)5(3-14)13(2)12-7/h4,8,14H,3H2,1-2H3. The summed E-state index contributed by atoms with van der Waals surface area (Å²) in [7, 11) is 1.61. The molecule has 0 aliphatic heterocycles. The maximum absolute atomic E-state index is 12.4. The van der Waals surface area contributed by atoms with E-state index in [0.29, 0.717) is 10.2 Å². The van der Waals surface area contributed by atoms with Gasteiger partial charge in [0.25, 0.3) is 0 Å². The van der Waals surface area contributed by atoms with Crippen molar-refractivity contribution in [3.05, 3.63) is 15.9 Å². The zero-order valence-corrected chi connectivity index (χ0v) is 9.42. The molecule has 0 amide bonds. The first-order valence-electron chi connectivity index (χ1n) is 4.09. The predicted octanol–water partition coefficient (Wildman–Crippen LogP) is 2.04. The summed E-state index contributed by atoms with van der Waals surface area (Å²) in [6.07, 6.45) is -2.45. The van der Waals surface area contributed by atoms with Crippen LogP contribution in [0.1, 0.15) is 24.2 Å². The fourth-order valence-corrected chi connectivity index (χ4v) is 1.96. The van der Waals surface area contributed by atoms with Gasteiger partial charge in [-0.1, -0.05) is 6.92 Å². The first-order valence-corrected chi connectivity index (χ1v) is 4.88. The topological polar surface area (TPSA) is 38.0 Å². The van der Waals surface area contributed by atoms with E-state index in [1.165, 1.54) is 11.6 Å². The molecule has 1 N–H and O–H groups in total. The minimum Gasteiger partial charge on any atom is -0.390 e. The molecule has 1 atom stereocenters. The van der Waals surface area contributed by atoms with Gasteiger partial charge in [0.15, 0.2) is 0 Å². The van der Waals surface area contributed by atoms with Crippen LogP contribution in [0, 0.1) is 0 Å². The number of aliphatic hydroxyl groups excluding tert-OH is 1. The van der Waals surface area contributed by atoms with E-state index < -0.39 is 12.3 Å². The highest BCUT2D eigenvalue weighted by Gasteiger charge is 2.24. The zero-order chi connectivity index (χ0) is 10.9. The number of rotatable bonds is 3. The van der Waals surface area contributed by atoms with Crippen LogP contribution in [-0.2, 0) is 13.7 Å². The van der Waals surface area contributed by atoms with E-state index in [0.717, 1.165) is 0 Å². The maximum Gasteiger partial charge on any atom is 0.246 e. The number of aliphatic hydroxyl groups is 1. The molecule has 1 aromatic heterocycles. The van der Waals surface area contributed by atoms with Gasteiger partial charge in [0.1, 0.15) is 0 Å². The molecule has 1 aromatic rings. The van der Waals surface area contributed by atoms with Gasteiger partial charge in [0.05, 0.1) is 28.4 Å². The van der Waals surface area contributed by atoms with Gasteiger partial charge in [0, 0.05) is 7.05 Å². The van der Waals surface area contributed by atoms with Crippen LogP contribution in [0.2, 0.25) is 0 Å². The molecular formula is C8H11BrF2N2O. The van der Waals surface area contributed by atoms with Crippen LogP contribution in [0.5, 0.6) is 0 Å². The summed E-state index contributed by atoms with van der Waals surface area (Å²) in [5.74, 6) is -0.934. The molecule has 0 aromatic carbocycles. The number of aryl methyl sites for hydroxylation is 1. The van der Waals surface area contributed by atoms with Crippen LogP contribution in [0.3, 0.4) is 0 Å². The molecule has 0 spiro atoms. The molecule has 1 heterocycles. The first-order chi connectivity index (χ1) is 6.49. The summed E-state index contributed by atoms with van der Waals surface area (Å²) < 4.78 is 26.7. The van der Waals surface area contributed by atoms with Crippen molar-refractivity contribution in [3.63, 3.8) is 0 Å². The molecular weight excluding hydrogens is 258 g/mol. The van der Waals surface area contributed by atoms with E-state index in [1.807, 2.05) is 0 Å². The SMILES string of the molecule is CC(c1nn(C)c(CO)c1Br)C(F)F. The largest absolute Gasteiger partial charge is 0.390 e. The summed E-state index contributed by atoms with van der Waals surface area (Å²) in [4.78, 5) is 0. The van der Waals surface area contributed by atoms with Crippen LogP contribution >= 0.6 is 15.9 Å². The Labute approximate surface area is 88.9 Å². The van der Waals surface area contributed by atoms with Crippen molar-refractivity contribution in [1.82, 2.24) is 9.78 Å². The molecule has 1 rings (SSSR count). The summed E-state index contributed by atoms with van der Waals surface area (Å²) >= 11 is 3.15. The normalized spacial score (nSPS) is 13.6. The molecule has 0 aliphatic rings. The Kier molecular flexibility index (Phi) is 3.60. The molecule has 0 saturated heterocycles. The van der Waals surface area contributed by atoms with Crippen LogP contribution in [0.25, 0.3) is 0 Å². The fourth-order valence-electron chi connectivity index (χ4n) is 1.14. The number of nitrogens with zero attached hydrogens (tertiary/aromatic N) is 2. The van der Waals surface area contributed by atoms with Gasteiger partial charge < -0.3 is 5.11 Å². The van der Waals surface area contributed by atoms with Crippen molar-refractivity contribution in [1.29, 1.82) is 0 Å². The van der Waals surface area contributed by atoms with Crippen molar-refractivity contribution in [2.24, 2.45) is 7.05 Å². The molecule has 3 nitrogen and oxygen atoms in total. The number of halogens is 3. The Morgan fingerprint density at radius 2 is 2.14 bits per heavy atom. The van der Waals surface area contributed by atoms with Crippen molar-refractivity contribution >= 4 is 15.9 Å². The summed E-state index contributed by atoms with van der Waals surface area (Å²) in [6, 6.07) is 0. The quantitative estimate of drug-likeness (QED) is 0.911. The van der Waals surface area contributed by atoms with Crippen LogP contribution < -0.4 is 0 Å². The van der Waals surface area contributed by atoms with Crippen LogP contribution in [0.4, 0.5) is 8.78 Å². The highest BCUT2D eigenvalue weighted by molar-refractivity contribution is 9.10. The molecule has 0 bridgehead atoms. The average molecular weight is 269 g/mol. The van der Waals surface area contributed by atoms with E-state index in [2.05, 4.69) is 21.0 Å². The summed E-state index contributed by atoms with van der Waals surface area (Å²) in [5, 5.41) is 12.9. The second-order valence-corrected chi connectivity index (χ2v) is 3.84. The van der Waals surface area contributed by atoms with Crippen LogP contribution in [0.15, 0.2) is 4.47 Å². The van der Waals surface area contributed by atoms with Crippen molar-refractivity contribution < 1.29 is 13.9 Å². The molecule has 0 radical (unpaired) electrons. The highest BCUT2D eigenvalue weighted by Crippen LogP contribution is 2.30. The van der Waals surface area contributed by atoms with E-state index in [1.54, 1.807) is 7.05 Å². The van der Waals surface area contributed by atoms with Gasteiger partial charge in [-0.05, 0) is 15.9 Å². The molecule has 80 valence electrons. The Morgan fingerprint density at radius 1 is 1.57 bits per heavy atom. The Balaban J connectivity index is 3.11. The van der Waals surface area contributed by atoms with Gasteiger partial charge in [-0.3, -0.25) is 4.68 Å². The molecule has 14 heavy (non-hydrogen) atoms. The second-order valence-electron chi connectivity index (χ2n) is 3.05. The molecule has 0 saturated carbocycles. The third-order valence-corrected chi connectivity index (χ3v) is 2.95. The monoisotopic (exact) mass is 268 g/mol. The number of alkyl halides is 2. The first kappa shape index (κ1) is 11.6. The lowest BCUT2D eigenvalue weighted by atomic mass is 10.1. The Morgan fingerprint density at radius 3 is 2.50 bits per heavy atom. The fraction of sp³-hybridized carbons (Fsp3) is 0.625. The van der Waals surface area contributed by atoms with Crippen molar-refractivity contribution in [2.45, 2.75) is 25.9 Å². The molecule has 1 unspecified atom stereocenters. The molecule has 0 fully saturated rings. The third-order valence-electron chi connectivity index (χ3n) is 2.09. The minimum atomic E-state index is -2.45. The minimum absolute atomic E-state index is 0.222. The highest BCUT2D eigenvalue weighted by atomic mass is 79.9. The van der Waals surface area contributed by atoms with Crippen molar-refractivity contribution in [3.8, 4) is 0 Å². The van der Waals surface area contributed by atoms with E-state index in [9.17, 15) is 8.78 Å². The van der Waals surface area contributed by atoms with E-state index in [-0.39, 0.29) is 12.3 Å². The summed E-state index contributed by atoms with van der Waals surface area (Å²) in [5.41, 5.74) is 0.791. The lowest BCUT2D eigenvalue weighted by Gasteiger charge is -2.06. The number of aromatic nitrogens is 2. The maximum atomic E-state index is 12.4. The van der Waals surface area contributed by atoms with E-state index in [4.69, 9.17) is 5.11 Å². The smallest absolute Gasteiger partial charge is 0.246 e. The van der Waals surface area contributed by atoms with E-state index >= 15 is 0 Å². The van der Waals surface area contributed by atoms with Gasteiger partial charge in [-0.2, -0.15) is 5.10 Å². The van der Waals surface area contributed by atoms with Crippen LogP contribution in [-0.4, -0.2) is 21.3 Å². The molecule has 0 aliphatic carbocycles. The lowest BCUT2D eigenvalue weighted by molar-refractivity contribution is 0.119. The van der Waals surface area contributed by atoms with Gasteiger partial charge in [0.2, 0.25) is 6.43 Å². The molecule has 6 heteroatoms. The second kappa shape index (κ2) is 4.35. The zero-order valence-electron chi connectivity index (χ0n) is 7.84. The predicted molar refractivity (Wildman–Crippen MR) is 51.2 cm³/mol. The third kappa shape index (κ3) is 1.95. The Bertz CT molecular complexity index is 327. The average Bonchev–Trinajstić information content (AvgIpc) is 2.40. The number of hydrogen-bond acceptors (Lipinski definition) is 2. The lowest BCUT2D eigenvalue weighted by Crippen LogP contribution is -2.06. The van der Waals surface area contributed by atoms with Gasteiger partial charge >= 0.3 is 0 Å². The van der Waals surface area contributed by atoms with Crippen molar-refractivity contribution in [2.75, 3.05) is 0 Å². The summed E-state index contributed by atoms with van der Waals surface area (Å²) in [6.45, 7) is 1.18.